The number of aryl methyl sites for hydroxylation is 1. The maximum absolute atomic E-state index is 12.9. The Kier molecular flexibility index (Phi) is 9.46. The normalized spacial score (nSPS) is 12.6. The highest BCUT2D eigenvalue weighted by Gasteiger charge is 2.30. The molecule has 0 fully saturated rings. The number of rotatable bonds is 12. The number of benzene rings is 2. The Balaban J connectivity index is 2.07. The van der Waals surface area contributed by atoms with E-state index in [-0.39, 0.29) is 19.8 Å². The molecule has 0 heterocycles. The van der Waals surface area contributed by atoms with E-state index in [9.17, 15) is 18.3 Å². The third-order valence-corrected chi connectivity index (χ3v) is 4.53. The lowest BCUT2D eigenvalue weighted by Gasteiger charge is -2.16. The van der Waals surface area contributed by atoms with Crippen molar-refractivity contribution in [1.82, 2.24) is 0 Å². The molecule has 0 bridgehead atoms. The minimum Gasteiger partial charge on any atom is -0.491 e. The molecule has 0 spiro atoms. The number of halogens is 3. The molecule has 166 valence electrons. The molecule has 2 aromatic rings. The minimum absolute atomic E-state index is 0.0328. The van der Waals surface area contributed by atoms with Crippen LogP contribution >= 0.6 is 0 Å². The van der Waals surface area contributed by atoms with Crippen LogP contribution in [0.4, 0.5) is 13.2 Å². The van der Waals surface area contributed by atoms with E-state index >= 15 is 0 Å². The number of hydrogen-bond donors (Lipinski definition) is 1. The third kappa shape index (κ3) is 7.88. The summed E-state index contributed by atoms with van der Waals surface area (Å²) >= 11 is 0. The number of alkyl halides is 3. The summed E-state index contributed by atoms with van der Waals surface area (Å²) in [6.07, 6.45) is -1.20. The second-order valence-corrected chi connectivity index (χ2v) is 7.13. The van der Waals surface area contributed by atoms with Crippen LogP contribution in [0.5, 0.6) is 11.5 Å². The average Bonchev–Trinajstić information content (AvgIpc) is 2.71. The van der Waals surface area contributed by atoms with E-state index in [1.165, 1.54) is 13.2 Å². The zero-order valence-electron chi connectivity index (χ0n) is 17.4. The van der Waals surface area contributed by atoms with Crippen LogP contribution in [-0.4, -0.2) is 31.5 Å². The summed E-state index contributed by atoms with van der Waals surface area (Å²) in [5.41, 5.74) is 0.692. The Hall–Kier alpha value is -2.25. The fourth-order valence-corrected chi connectivity index (χ4v) is 2.98. The van der Waals surface area contributed by atoms with Crippen LogP contribution < -0.4 is 9.47 Å². The maximum atomic E-state index is 12.9. The van der Waals surface area contributed by atoms with Crippen molar-refractivity contribution in [3.63, 3.8) is 0 Å². The number of ether oxygens (including phenoxy) is 3. The summed E-state index contributed by atoms with van der Waals surface area (Å²) in [5.74, 6) is 1.22. The standard InChI is InChI=1S/C23H29F3O4/c1-3-4-5-8-18-13-21(10-11-22(18)30-16-20(27)15-28-2)29-14-17-7-6-9-19(12-17)23(24,25)26/h6-7,9-13,20,27H,3-5,8,14-16H2,1-2H3/t20-/m0/s1. The average molecular weight is 426 g/mol. The zero-order chi connectivity index (χ0) is 22.0. The van der Waals surface area contributed by atoms with Crippen LogP contribution in [0.2, 0.25) is 0 Å². The Bertz CT molecular complexity index is 777. The Morgan fingerprint density at radius 3 is 2.50 bits per heavy atom. The van der Waals surface area contributed by atoms with Gasteiger partial charge in [-0.1, -0.05) is 31.9 Å². The van der Waals surface area contributed by atoms with Gasteiger partial charge in [-0.2, -0.15) is 13.2 Å². The predicted molar refractivity (Wildman–Crippen MR) is 109 cm³/mol. The summed E-state index contributed by atoms with van der Waals surface area (Å²) in [6, 6.07) is 10.4. The topological polar surface area (TPSA) is 47.9 Å². The van der Waals surface area contributed by atoms with Gasteiger partial charge in [0.05, 0.1) is 12.2 Å². The van der Waals surface area contributed by atoms with Crippen LogP contribution in [0.25, 0.3) is 0 Å². The van der Waals surface area contributed by atoms with Gasteiger partial charge in [-0.15, -0.1) is 0 Å². The maximum Gasteiger partial charge on any atom is 0.416 e. The van der Waals surface area contributed by atoms with Crippen molar-refractivity contribution in [3.8, 4) is 11.5 Å². The van der Waals surface area contributed by atoms with Crippen molar-refractivity contribution in [2.75, 3.05) is 20.3 Å². The highest BCUT2D eigenvalue weighted by Crippen LogP contribution is 2.30. The summed E-state index contributed by atoms with van der Waals surface area (Å²) in [7, 11) is 1.51. The highest BCUT2D eigenvalue weighted by atomic mass is 19.4. The SMILES string of the molecule is CCCCCc1cc(OCc2cccc(C(F)(F)F)c2)ccc1OC[C@@H](O)COC. The molecule has 4 nitrogen and oxygen atoms in total. The second-order valence-electron chi connectivity index (χ2n) is 7.13. The molecule has 0 aliphatic rings. The van der Waals surface area contributed by atoms with Gasteiger partial charge in [-0.3, -0.25) is 0 Å². The highest BCUT2D eigenvalue weighted by molar-refractivity contribution is 5.40. The largest absolute Gasteiger partial charge is 0.491 e. The molecule has 0 radical (unpaired) electrons. The number of hydrogen-bond acceptors (Lipinski definition) is 4. The fraction of sp³-hybridized carbons (Fsp3) is 0.478. The van der Waals surface area contributed by atoms with Crippen molar-refractivity contribution in [2.24, 2.45) is 0 Å². The van der Waals surface area contributed by atoms with E-state index in [1.807, 2.05) is 6.07 Å². The molecule has 0 aliphatic carbocycles. The van der Waals surface area contributed by atoms with Crippen molar-refractivity contribution in [1.29, 1.82) is 0 Å². The first kappa shape index (κ1) is 24.0. The smallest absolute Gasteiger partial charge is 0.416 e. The molecule has 0 aliphatic heterocycles. The quantitative estimate of drug-likeness (QED) is 0.462. The van der Waals surface area contributed by atoms with Crippen LogP contribution in [0.15, 0.2) is 42.5 Å². The van der Waals surface area contributed by atoms with Crippen molar-refractivity contribution in [2.45, 2.75) is 51.5 Å². The van der Waals surface area contributed by atoms with Gasteiger partial charge in [0.25, 0.3) is 0 Å². The first-order valence-electron chi connectivity index (χ1n) is 10.0. The molecule has 2 rings (SSSR count). The molecule has 2 aromatic carbocycles. The first-order chi connectivity index (χ1) is 14.3. The monoisotopic (exact) mass is 426 g/mol. The van der Waals surface area contributed by atoms with Gasteiger partial charge < -0.3 is 19.3 Å². The van der Waals surface area contributed by atoms with Crippen LogP contribution in [-0.2, 0) is 23.9 Å². The Morgan fingerprint density at radius 2 is 1.80 bits per heavy atom. The lowest BCUT2D eigenvalue weighted by molar-refractivity contribution is -0.137. The molecule has 1 N–H and O–H groups in total. The minimum atomic E-state index is -4.38. The third-order valence-electron chi connectivity index (χ3n) is 4.53. The zero-order valence-corrected chi connectivity index (χ0v) is 17.4. The number of aliphatic hydroxyl groups is 1. The summed E-state index contributed by atoms with van der Waals surface area (Å²) < 4.78 is 55.0. The first-order valence-corrected chi connectivity index (χ1v) is 10.0. The summed E-state index contributed by atoms with van der Waals surface area (Å²) in [4.78, 5) is 0. The van der Waals surface area contributed by atoms with Crippen LogP contribution in [0, 0.1) is 0 Å². The Labute approximate surface area is 175 Å². The van der Waals surface area contributed by atoms with E-state index in [1.54, 1.807) is 18.2 Å². The molecule has 7 heteroatoms. The van der Waals surface area contributed by atoms with Gasteiger partial charge in [0.1, 0.15) is 30.8 Å². The summed E-state index contributed by atoms with van der Waals surface area (Å²) in [6.45, 7) is 2.45. The molecule has 1 atom stereocenters. The van der Waals surface area contributed by atoms with E-state index in [4.69, 9.17) is 14.2 Å². The molecule has 0 saturated carbocycles. The molecule has 0 saturated heterocycles. The second kappa shape index (κ2) is 11.8. The molecule has 0 aromatic heterocycles. The molecular weight excluding hydrogens is 397 g/mol. The van der Waals surface area contributed by atoms with Gasteiger partial charge in [0.15, 0.2) is 0 Å². The van der Waals surface area contributed by atoms with E-state index in [2.05, 4.69) is 6.92 Å². The number of unbranched alkanes of at least 4 members (excludes halogenated alkanes) is 2. The Morgan fingerprint density at radius 1 is 1.00 bits per heavy atom. The van der Waals surface area contributed by atoms with E-state index in [0.717, 1.165) is 43.4 Å². The van der Waals surface area contributed by atoms with Gasteiger partial charge in [-0.05, 0) is 54.3 Å². The van der Waals surface area contributed by atoms with Gasteiger partial charge >= 0.3 is 6.18 Å². The van der Waals surface area contributed by atoms with Gasteiger partial charge in [0, 0.05) is 7.11 Å². The predicted octanol–water partition coefficient (Wildman–Crippen LogP) is 5.40. The van der Waals surface area contributed by atoms with Gasteiger partial charge in [-0.25, -0.2) is 0 Å². The van der Waals surface area contributed by atoms with Gasteiger partial charge in [0.2, 0.25) is 0 Å². The lowest BCUT2D eigenvalue weighted by Crippen LogP contribution is -2.22. The fourth-order valence-electron chi connectivity index (χ4n) is 2.98. The van der Waals surface area contributed by atoms with E-state index < -0.39 is 17.8 Å². The molecular formula is C23H29F3O4. The van der Waals surface area contributed by atoms with Crippen molar-refractivity contribution < 1.29 is 32.5 Å². The van der Waals surface area contributed by atoms with E-state index in [0.29, 0.717) is 17.1 Å². The lowest BCUT2D eigenvalue weighted by atomic mass is 10.1. The molecule has 30 heavy (non-hydrogen) atoms. The number of aliphatic hydroxyl groups excluding tert-OH is 1. The molecule has 0 amide bonds. The van der Waals surface area contributed by atoms with Crippen molar-refractivity contribution >= 4 is 0 Å². The number of methoxy groups -OCH3 is 1. The van der Waals surface area contributed by atoms with Crippen LogP contribution in [0.1, 0.15) is 42.9 Å². The summed E-state index contributed by atoms with van der Waals surface area (Å²) in [5, 5.41) is 9.81. The van der Waals surface area contributed by atoms with Crippen molar-refractivity contribution in [3.05, 3.63) is 59.2 Å². The van der Waals surface area contributed by atoms with Crippen LogP contribution in [0.3, 0.4) is 0 Å². The molecule has 0 unspecified atom stereocenters.